The van der Waals surface area contributed by atoms with Crippen LogP contribution in [-0.4, -0.2) is 19.6 Å². The van der Waals surface area contributed by atoms with Gasteiger partial charge in [0.05, 0.1) is 18.4 Å². The summed E-state index contributed by atoms with van der Waals surface area (Å²) in [5.74, 6) is 0.487. The summed E-state index contributed by atoms with van der Waals surface area (Å²) in [5, 5.41) is 19.8. The summed E-state index contributed by atoms with van der Waals surface area (Å²) in [6.07, 6.45) is 4.57. The maximum atomic E-state index is 10.0. The Bertz CT molecular complexity index is 1240. The molecular formula is C22H18ClN5O2. The molecule has 0 bridgehead atoms. The fourth-order valence-corrected chi connectivity index (χ4v) is 3.72. The Balaban J connectivity index is 1.93. The van der Waals surface area contributed by atoms with Crippen LogP contribution in [0, 0.1) is 18.3 Å². The lowest BCUT2D eigenvalue weighted by atomic mass is 10.0. The summed E-state index contributed by atoms with van der Waals surface area (Å²) >= 11 is 6.03. The van der Waals surface area contributed by atoms with Crippen LogP contribution in [0.4, 0.5) is 5.69 Å². The van der Waals surface area contributed by atoms with Crippen molar-refractivity contribution in [2.24, 2.45) is 0 Å². The van der Waals surface area contributed by atoms with Crippen LogP contribution in [0.15, 0.2) is 53.5 Å². The predicted octanol–water partition coefficient (Wildman–Crippen LogP) is 4.16. The molecule has 0 spiro atoms. The van der Waals surface area contributed by atoms with Crippen molar-refractivity contribution in [3.8, 4) is 28.7 Å². The zero-order valence-corrected chi connectivity index (χ0v) is 16.9. The van der Waals surface area contributed by atoms with Crippen LogP contribution >= 0.6 is 11.6 Å². The molecule has 150 valence electrons. The minimum absolute atomic E-state index is 0.209. The second-order valence-corrected chi connectivity index (χ2v) is 7.18. The first-order valence-corrected chi connectivity index (χ1v) is 9.53. The molecular weight excluding hydrogens is 402 g/mol. The van der Waals surface area contributed by atoms with E-state index in [1.807, 2.05) is 23.6 Å². The van der Waals surface area contributed by atoms with Crippen LogP contribution in [0.3, 0.4) is 0 Å². The number of hydrogen-bond acceptors (Lipinski definition) is 6. The molecule has 7 nitrogen and oxygen atoms in total. The number of nitriles is 1. The Morgan fingerprint density at radius 3 is 2.67 bits per heavy atom. The van der Waals surface area contributed by atoms with E-state index in [1.165, 1.54) is 6.39 Å². The van der Waals surface area contributed by atoms with Gasteiger partial charge < -0.3 is 19.8 Å². The number of pyridine rings is 1. The number of halogens is 1. The van der Waals surface area contributed by atoms with E-state index in [2.05, 4.69) is 16.0 Å². The van der Waals surface area contributed by atoms with Gasteiger partial charge in [-0.15, -0.1) is 0 Å². The quantitative estimate of drug-likeness (QED) is 0.371. The van der Waals surface area contributed by atoms with Crippen LogP contribution in [0.2, 0.25) is 5.15 Å². The van der Waals surface area contributed by atoms with Gasteiger partial charge in [0.2, 0.25) is 0 Å². The van der Waals surface area contributed by atoms with Crippen molar-refractivity contribution in [2.45, 2.75) is 20.1 Å². The van der Waals surface area contributed by atoms with Gasteiger partial charge in [-0.1, -0.05) is 23.7 Å². The summed E-state index contributed by atoms with van der Waals surface area (Å²) in [6.45, 7) is 2.14. The molecule has 0 atom stereocenters. The van der Waals surface area contributed by atoms with E-state index in [9.17, 15) is 10.4 Å². The number of aliphatic hydroxyl groups is 1. The van der Waals surface area contributed by atoms with Gasteiger partial charge in [0.25, 0.3) is 0 Å². The molecule has 4 rings (SSSR count). The van der Waals surface area contributed by atoms with Gasteiger partial charge in [0.1, 0.15) is 16.9 Å². The maximum Gasteiger partial charge on any atom is 0.181 e. The zero-order valence-electron chi connectivity index (χ0n) is 16.1. The molecule has 0 saturated carbocycles. The van der Waals surface area contributed by atoms with E-state index < -0.39 is 0 Å². The van der Waals surface area contributed by atoms with Crippen LogP contribution < -0.4 is 5.73 Å². The summed E-state index contributed by atoms with van der Waals surface area (Å²) in [5.41, 5.74) is 11.5. The van der Waals surface area contributed by atoms with E-state index in [1.54, 1.807) is 30.6 Å². The van der Waals surface area contributed by atoms with Crippen molar-refractivity contribution in [1.29, 1.82) is 5.26 Å². The lowest BCUT2D eigenvalue weighted by molar-refractivity contribution is 0.281. The Kier molecular flexibility index (Phi) is 5.27. The van der Waals surface area contributed by atoms with Gasteiger partial charge in [0.15, 0.2) is 12.2 Å². The van der Waals surface area contributed by atoms with Crippen LogP contribution in [0.5, 0.6) is 0 Å². The summed E-state index contributed by atoms with van der Waals surface area (Å²) < 4.78 is 7.53. The predicted molar refractivity (Wildman–Crippen MR) is 114 cm³/mol. The number of nitrogen functional groups attached to an aromatic ring is 1. The van der Waals surface area contributed by atoms with Crippen molar-refractivity contribution >= 4 is 17.3 Å². The fraction of sp³-hybridized carbons (Fsp3) is 0.136. The molecule has 30 heavy (non-hydrogen) atoms. The normalized spacial score (nSPS) is 10.9. The molecule has 3 aromatic heterocycles. The number of hydrogen-bond donors (Lipinski definition) is 2. The minimum Gasteiger partial charge on any atom is -0.442 e. The molecule has 0 fully saturated rings. The first-order chi connectivity index (χ1) is 14.5. The molecule has 1 aromatic carbocycles. The van der Waals surface area contributed by atoms with Crippen LogP contribution in [0.25, 0.3) is 22.6 Å². The third-order valence-corrected chi connectivity index (χ3v) is 5.32. The lowest BCUT2D eigenvalue weighted by Gasteiger charge is -2.12. The average Bonchev–Trinajstić information content (AvgIpc) is 3.37. The Labute approximate surface area is 178 Å². The lowest BCUT2D eigenvalue weighted by Crippen LogP contribution is -2.05. The van der Waals surface area contributed by atoms with Crippen molar-refractivity contribution in [3.63, 3.8) is 0 Å². The van der Waals surface area contributed by atoms with Crippen LogP contribution in [-0.2, 0) is 13.2 Å². The number of oxazole rings is 1. The van der Waals surface area contributed by atoms with Gasteiger partial charge in [-0.2, -0.15) is 5.26 Å². The molecule has 3 heterocycles. The van der Waals surface area contributed by atoms with Gasteiger partial charge in [-0.25, -0.2) is 9.97 Å². The highest BCUT2D eigenvalue weighted by Crippen LogP contribution is 2.38. The first kappa shape index (κ1) is 19.7. The number of rotatable bonds is 5. The largest absolute Gasteiger partial charge is 0.442 e. The molecule has 0 radical (unpaired) electrons. The Hall–Kier alpha value is -3.60. The minimum atomic E-state index is -0.209. The zero-order chi connectivity index (χ0) is 21.3. The van der Waals surface area contributed by atoms with E-state index >= 15 is 0 Å². The fourth-order valence-electron chi connectivity index (χ4n) is 3.56. The topological polar surface area (TPSA) is 114 Å². The monoisotopic (exact) mass is 419 g/mol. The SMILES string of the molecule is Cc1c(-c2ccc(N)cc2)c(C#N)c(-c2cnco2)n1Cc1cnc(Cl)c(CO)c1. The standard InChI is InChI=1S/C22H18ClN5O2/c1-13-20(15-2-4-17(25)5-3-15)18(7-24)21(19-9-26-12-30-19)28(13)10-14-6-16(11-29)22(23)27-8-14/h2-6,8-9,12,29H,10-11,25H2,1H3. The highest BCUT2D eigenvalue weighted by molar-refractivity contribution is 6.30. The molecule has 4 aromatic rings. The molecule has 0 aliphatic carbocycles. The van der Waals surface area contributed by atoms with Crippen molar-refractivity contribution < 1.29 is 9.52 Å². The highest BCUT2D eigenvalue weighted by atomic mass is 35.5. The third-order valence-electron chi connectivity index (χ3n) is 4.98. The van der Waals surface area contributed by atoms with E-state index in [0.29, 0.717) is 34.8 Å². The molecule has 0 unspecified atom stereocenters. The molecule has 0 saturated heterocycles. The van der Waals surface area contributed by atoms with Gasteiger partial charge in [-0.3, -0.25) is 0 Å². The number of anilines is 1. The number of nitrogens with two attached hydrogens (primary N) is 1. The number of nitrogens with zero attached hydrogens (tertiary/aromatic N) is 4. The summed E-state index contributed by atoms with van der Waals surface area (Å²) in [6, 6.07) is 11.5. The van der Waals surface area contributed by atoms with Crippen molar-refractivity contribution in [3.05, 3.63) is 76.7 Å². The number of aliphatic hydroxyl groups excluding tert-OH is 1. The Morgan fingerprint density at radius 2 is 2.03 bits per heavy atom. The smallest absolute Gasteiger partial charge is 0.181 e. The van der Waals surface area contributed by atoms with Gasteiger partial charge in [-0.05, 0) is 36.2 Å². The maximum absolute atomic E-state index is 10.0. The molecule has 0 amide bonds. The Morgan fingerprint density at radius 1 is 1.27 bits per heavy atom. The van der Waals surface area contributed by atoms with Crippen molar-refractivity contribution in [1.82, 2.24) is 14.5 Å². The number of benzene rings is 1. The highest BCUT2D eigenvalue weighted by Gasteiger charge is 2.25. The summed E-state index contributed by atoms with van der Waals surface area (Å²) in [7, 11) is 0. The average molecular weight is 420 g/mol. The second-order valence-electron chi connectivity index (χ2n) is 6.82. The molecule has 0 aliphatic heterocycles. The molecule has 3 N–H and O–H groups in total. The van der Waals surface area contributed by atoms with E-state index in [0.717, 1.165) is 22.4 Å². The van der Waals surface area contributed by atoms with E-state index in [-0.39, 0.29) is 11.8 Å². The second kappa shape index (κ2) is 8.03. The van der Waals surface area contributed by atoms with Gasteiger partial charge in [0, 0.05) is 35.2 Å². The van der Waals surface area contributed by atoms with Crippen molar-refractivity contribution in [2.75, 3.05) is 5.73 Å². The number of aromatic nitrogens is 3. The molecule has 8 heteroatoms. The van der Waals surface area contributed by atoms with Gasteiger partial charge >= 0.3 is 0 Å². The molecule has 0 aliphatic rings. The van der Waals surface area contributed by atoms with E-state index in [4.69, 9.17) is 21.8 Å². The van der Waals surface area contributed by atoms with Crippen LogP contribution in [0.1, 0.15) is 22.4 Å². The first-order valence-electron chi connectivity index (χ1n) is 9.15. The summed E-state index contributed by atoms with van der Waals surface area (Å²) in [4.78, 5) is 8.18. The third kappa shape index (κ3) is 3.43.